The van der Waals surface area contributed by atoms with Crippen LogP contribution in [-0.2, 0) is 11.8 Å². The fraction of sp³-hybridized carbons (Fsp3) is 1.00. The molecule has 0 radical (unpaired) electrons. The highest BCUT2D eigenvalue weighted by Crippen LogP contribution is 2.49. The predicted octanol–water partition coefficient (Wildman–Crippen LogP) is 1.86. The summed E-state index contributed by atoms with van der Waals surface area (Å²) in [4.78, 5) is 18.0. The van der Waals surface area contributed by atoms with Crippen LogP contribution in [0.1, 0.15) is 13.8 Å². The second-order valence-corrected chi connectivity index (χ2v) is 6.58. The molecule has 0 aliphatic carbocycles. The van der Waals surface area contributed by atoms with Gasteiger partial charge in [0.25, 0.3) is 6.64 Å². The first-order valence-electron chi connectivity index (χ1n) is 2.53. The second kappa shape index (κ2) is 4.40. The van der Waals surface area contributed by atoms with E-state index < -0.39 is 6.64 Å². The molecule has 0 rings (SSSR count). The highest BCUT2D eigenvalue weighted by Gasteiger charge is 2.23. The minimum Gasteiger partial charge on any atom is -0.333 e. The van der Waals surface area contributed by atoms with E-state index in [0.717, 1.165) is 10.4 Å². The van der Waals surface area contributed by atoms with Crippen LogP contribution < -0.4 is 0 Å². The average molecular weight is 266 g/mol. The Morgan fingerprint density at radius 3 is 2.00 bits per heavy atom. The third kappa shape index (κ3) is 3.67. The van der Waals surface area contributed by atoms with E-state index >= 15 is 0 Å². The van der Waals surface area contributed by atoms with Crippen molar-refractivity contribution in [2.75, 3.05) is 0 Å². The van der Waals surface area contributed by atoms with Crippen LogP contribution in [0.25, 0.3) is 0 Å². The van der Waals surface area contributed by atoms with Crippen LogP contribution in [0.4, 0.5) is 0 Å². The summed E-state index contributed by atoms with van der Waals surface area (Å²) in [6.07, 6.45) is 0. The summed E-state index contributed by atoms with van der Waals surface area (Å²) in [7, 11) is 1.08. The highest BCUT2D eigenvalue weighted by atomic mass is 79.9. The maximum absolute atomic E-state index is 9.00. The lowest BCUT2D eigenvalue weighted by molar-refractivity contribution is 0.401. The quantitative estimate of drug-likeness (QED) is 0.603. The van der Waals surface area contributed by atoms with Gasteiger partial charge in [-0.2, -0.15) is 4.08 Å². The molecule has 7 heteroatoms. The summed E-state index contributed by atoms with van der Waals surface area (Å²) in [5.74, 6) is 0. The molecule has 0 saturated carbocycles. The smallest absolute Gasteiger partial charge is 0.269 e. The Morgan fingerprint density at radius 1 is 1.60 bits per heavy atom. The maximum atomic E-state index is 9.00. The van der Waals surface area contributed by atoms with Crippen molar-refractivity contribution in [2.45, 2.75) is 19.9 Å². The Hall–Kier alpha value is 1.36. The lowest BCUT2D eigenvalue weighted by Gasteiger charge is -2.25. The van der Waals surface area contributed by atoms with Crippen LogP contribution in [0.3, 0.4) is 0 Å². The van der Waals surface area contributed by atoms with E-state index in [2.05, 4.69) is 26.6 Å². The number of rotatable bonds is 3. The van der Waals surface area contributed by atoms with Crippen molar-refractivity contribution in [1.82, 2.24) is 4.08 Å². The van der Waals surface area contributed by atoms with Crippen molar-refractivity contribution in [1.29, 1.82) is 0 Å². The molecule has 0 aromatic carbocycles. The van der Waals surface area contributed by atoms with Gasteiger partial charge in [0.1, 0.15) is 0 Å². The standard InChI is InChI=1S/C3H9BrNO2PS2/c1-3(2)5(10-4)8(6,7)9/h3H,1-2H3,(H2,6,7,9). The van der Waals surface area contributed by atoms with Crippen LogP contribution >= 0.6 is 31.8 Å². The molecule has 0 aliphatic rings. The first-order chi connectivity index (χ1) is 4.39. The van der Waals surface area contributed by atoms with Gasteiger partial charge in [-0.25, -0.2) is 0 Å². The maximum Gasteiger partial charge on any atom is 0.269 e. The monoisotopic (exact) mass is 265 g/mol. The van der Waals surface area contributed by atoms with Crippen molar-refractivity contribution in [2.24, 2.45) is 0 Å². The van der Waals surface area contributed by atoms with E-state index in [9.17, 15) is 0 Å². The summed E-state index contributed by atoms with van der Waals surface area (Å²) in [6.45, 7) is 0.421. The molecule has 0 aliphatic heterocycles. The average Bonchev–Trinajstić information content (AvgIpc) is 1.60. The molecular formula is C3H9BrNO2PS2. The molecule has 0 aromatic heterocycles. The van der Waals surface area contributed by atoms with Gasteiger partial charge in [-0.1, -0.05) is 0 Å². The van der Waals surface area contributed by atoms with Gasteiger partial charge in [0.05, 0.1) is 0 Å². The van der Waals surface area contributed by atoms with E-state index in [1.54, 1.807) is 0 Å². The zero-order valence-corrected chi connectivity index (χ0v) is 9.67. The largest absolute Gasteiger partial charge is 0.333 e. The summed E-state index contributed by atoms with van der Waals surface area (Å²) in [6, 6.07) is 0.0187. The van der Waals surface area contributed by atoms with Crippen LogP contribution in [0.15, 0.2) is 0 Å². The van der Waals surface area contributed by atoms with E-state index in [1.165, 1.54) is 4.08 Å². The molecule has 10 heavy (non-hydrogen) atoms. The first kappa shape index (κ1) is 11.4. The van der Waals surface area contributed by atoms with E-state index in [1.807, 2.05) is 13.8 Å². The summed E-state index contributed by atoms with van der Waals surface area (Å²) in [5, 5.41) is 0. The second-order valence-electron chi connectivity index (χ2n) is 1.98. The molecule has 62 valence electrons. The van der Waals surface area contributed by atoms with Crippen LogP contribution in [0.2, 0.25) is 0 Å². The van der Waals surface area contributed by atoms with Crippen molar-refractivity contribution >= 4 is 43.6 Å². The van der Waals surface area contributed by atoms with Gasteiger partial charge in [-0.05, 0) is 25.7 Å². The zero-order chi connectivity index (χ0) is 8.36. The van der Waals surface area contributed by atoms with Gasteiger partial charge >= 0.3 is 0 Å². The van der Waals surface area contributed by atoms with Crippen LogP contribution in [0.5, 0.6) is 0 Å². The van der Waals surface area contributed by atoms with E-state index in [4.69, 9.17) is 9.79 Å². The zero-order valence-electron chi connectivity index (χ0n) is 5.56. The Bertz CT molecular complexity index is 149. The molecule has 0 aromatic rings. The molecule has 0 atom stereocenters. The molecule has 0 bridgehead atoms. The normalized spacial score (nSPS) is 13.1. The first-order valence-corrected chi connectivity index (χ1v) is 7.81. The molecule has 0 unspecified atom stereocenters. The predicted molar refractivity (Wildman–Crippen MR) is 52.2 cm³/mol. The summed E-state index contributed by atoms with van der Waals surface area (Å²) >= 11 is 7.51. The summed E-state index contributed by atoms with van der Waals surface area (Å²) in [5.41, 5.74) is 0. The molecule has 0 amide bonds. The van der Waals surface area contributed by atoms with Crippen molar-refractivity contribution < 1.29 is 9.79 Å². The van der Waals surface area contributed by atoms with Crippen molar-refractivity contribution in [3.8, 4) is 0 Å². The minimum atomic E-state index is -3.25. The van der Waals surface area contributed by atoms with Gasteiger partial charge in [-0.3, -0.25) is 0 Å². The third-order valence-electron chi connectivity index (χ3n) is 0.769. The molecule has 2 N–H and O–H groups in total. The molecule has 0 heterocycles. The fourth-order valence-electron chi connectivity index (χ4n) is 0.421. The molecule has 3 nitrogen and oxygen atoms in total. The van der Waals surface area contributed by atoms with Crippen molar-refractivity contribution in [3.63, 3.8) is 0 Å². The lowest BCUT2D eigenvalue weighted by atomic mass is 10.4. The van der Waals surface area contributed by atoms with Crippen LogP contribution in [-0.4, -0.2) is 19.9 Å². The highest BCUT2D eigenvalue weighted by molar-refractivity contribution is 9.50. The molecule has 0 spiro atoms. The summed E-state index contributed by atoms with van der Waals surface area (Å²) < 4.78 is 1.35. The van der Waals surface area contributed by atoms with Gasteiger partial charge in [0.2, 0.25) is 0 Å². The Labute approximate surface area is 77.4 Å². The lowest BCUT2D eigenvalue weighted by Crippen LogP contribution is -2.18. The Balaban J connectivity index is 4.22. The number of hydrogen-bond acceptors (Lipinski definition) is 2. The van der Waals surface area contributed by atoms with Gasteiger partial charge in [0.15, 0.2) is 0 Å². The topological polar surface area (TPSA) is 43.7 Å². The fourth-order valence-corrected chi connectivity index (χ4v) is 5.77. The van der Waals surface area contributed by atoms with Gasteiger partial charge in [-0.15, -0.1) is 0 Å². The molecule has 0 fully saturated rings. The Kier molecular flexibility index (Phi) is 5.00. The molecular weight excluding hydrogens is 257 g/mol. The SMILES string of the molecule is CC(C)N(SBr)P(O)(O)=S. The van der Waals surface area contributed by atoms with E-state index in [0.29, 0.717) is 0 Å². The molecule has 0 saturated heterocycles. The number of hydrogen-bond donors (Lipinski definition) is 2. The van der Waals surface area contributed by atoms with E-state index in [-0.39, 0.29) is 6.04 Å². The Morgan fingerprint density at radius 2 is 2.00 bits per heavy atom. The third-order valence-corrected chi connectivity index (χ3v) is 5.68. The van der Waals surface area contributed by atoms with Gasteiger partial charge in [0, 0.05) is 31.2 Å². The number of nitrogens with zero attached hydrogens (tertiary/aromatic N) is 1. The van der Waals surface area contributed by atoms with Crippen LogP contribution in [0, 0.1) is 0 Å². The minimum absolute atomic E-state index is 0.0187. The number of halogens is 1. The van der Waals surface area contributed by atoms with Crippen molar-refractivity contribution in [3.05, 3.63) is 0 Å². The van der Waals surface area contributed by atoms with Gasteiger partial charge < -0.3 is 9.79 Å².